The lowest BCUT2D eigenvalue weighted by Crippen LogP contribution is -2.10. The van der Waals surface area contributed by atoms with Crippen LogP contribution < -0.4 is 5.32 Å². The van der Waals surface area contributed by atoms with Crippen LogP contribution in [0.1, 0.15) is 10.4 Å². The maximum absolute atomic E-state index is 11.6. The number of anilines is 1. The van der Waals surface area contributed by atoms with Crippen LogP contribution in [0.2, 0.25) is 5.02 Å². The van der Waals surface area contributed by atoms with E-state index in [1.165, 1.54) is 24.7 Å². The van der Waals surface area contributed by atoms with E-state index >= 15 is 0 Å². The highest BCUT2D eigenvalue weighted by atomic mass is 35.5. The monoisotopic (exact) mass is 237 g/mol. The Hall–Kier alpha value is -1.94. The number of rotatable bonds is 2. The van der Waals surface area contributed by atoms with E-state index in [0.717, 1.165) is 0 Å². The zero-order valence-electron chi connectivity index (χ0n) is 8.11. The minimum absolute atomic E-state index is 0.0772. The second-order valence-electron chi connectivity index (χ2n) is 3.13. The first-order valence-corrected chi connectivity index (χ1v) is 4.86. The standard InChI is InChI=1S/C11H8ClNO3/c12-9-2-1-8(5-10(9)14)13-11(15)7-3-4-16-6-7/h1-6,14H,(H,13,15). The van der Waals surface area contributed by atoms with E-state index in [-0.39, 0.29) is 16.7 Å². The number of aromatic hydroxyl groups is 1. The molecule has 0 aliphatic carbocycles. The van der Waals surface area contributed by atoms with Crippen molar-refractivity contribution in [3.8, 4) is 5.75 Å². The molecule has 0 spiro atoms. The van der Waals surface area contributed by atoms with E-state index in [4.69, 9.17) is 16.0 Å². The Kier molecular flexibility index (Phi) is 2.83. The second kappa shape index (κ2) is 4.28. The lowest BCUT2D eigenvalue weighted by Gasteiger charge is -2.04. The molecule has 0 radical (unpaired) electrons. The maximum atomic E-state index is 11.6. The van der Waals surface area contributed by atoms with Crippen LogP contribution in [0, 0.1) is 0 Å². The second-order valence-corrected chi connectivity index (χ2v) is 3.54. The van der Waals surface area contributed by atoms with Crippen molar-refractivity contribution in [2.75, 3.05) is 5.32 Å². The van der Waals surface area contributed by atoms with Crippen LogP contribution in [0.3, 0.4) is 0 Å². The van der Waals surface area contributed by atoms with E-state index in [9.17, 15) is 9.90 Å². The number of phenols is 1. The molecule has 5 heteroatoms. The average Bonchev–Trinajstić information content (AvgIpc) is 2.77. The zero-order chi connectivity index (χ0) is 11.5. The Balaban J connectivity index is 2.15. The number of carbonyl (C=O) groups is 1. The van der Waals surface area contributed by atoms with Gasteiger partial charge in [-0.15, -0.1) is 0 Å². The van der Waals surface area contributed by atoms with Gasteiger partial charge >= 0.3 is 0 Å². The summed E-state index contributed by atoms with van der Waals surface area (Å²) >= 11 is 5.64. The van der Waals surface area contributed by atoms with Gasteiger partial charge in [-0.05, 0) is 18.2 Å². The number of halogens is 1. The molecule has 1 amide bonds. The van der Waals surface area contributed by atoms with Crippen LogP contribution in [0.5, 0.6) is 5.75 Å². The molecule has 1 aromatic heterocycles. The highest BCUT2D eigenvalue weighted by molar-refractivity contribution is 6.32. The van der Waals surface area contributed by atoms with Crippen LogP contribution in [-0.4, -0.2) is 11.0 Å². The first-order chi connectivity index (χ1) is 7.66. The lowest BCUT2D eigenvalue weighted by atomic mass is 10.2. The van der Waals surface area contributed by atoms with Gasteiger partial charge in [-0.25, -0.2) is 0 Å². The van der Waals surface area contributed by atoms with Crippen molar-refractivity contribution in [1.82, 2.24) is 0 Å². The molecule has 0 saturated carbocycles. The van der Waals surface area contributed by atoms with E-state index in [2.05, 4.69) is 5.32 Å². The number of benzene rings is 1. The number of hydrogen-bond donors (Lipinski definition) is 2. The Labute approximate surface area is 96.5 Å². The molecule has 0 aliphatic heterocycles. The third-order valence-electron chi connectivity index (χ3n) is 1.99. The molecule has 4 nitrogen and oxygen atoms in total. The Morgan fingerprint density at radius 1 is 1.38 bits per heavy atom. The van der Waals surface area contributed by atoms with Crippen molar-refractivity contribution in [2.24, 2.45) is 0 Å². The summed E-state index contributed by atoms with van der Waals surface area (Å²) in [5.41, 5.74) is 0.877. The molecule has 0 atom stereocenters. The Bertz CT molecular complexity index is 508. The van der Waals surface area contributed by atoms with Crippen LogP contribution >= 0.6 is 11.6 Å². The van der Waals surface area contributed by atoms with E-state index in [1.54, 1.807) is 12.1 Å². The minimum atomic E-state index is -0.310. The van der Waals surface area contributed by atoms with Crippen molar-refractivity contribution in [3.05, 3.63) is 47.4 Å². The summed E-state index contributed by atoms with van der Waals surface area (Å²) in [7, 11) is 0. The summed E-state index contributed by atoms with van der Waals surface area (Å²) in [6.07, 6.45) is 2.75. The van der Waals surface area contributed by atoms with Crippen molar-refractivity contribution in [1.29, 1.82) is 0 Å². The molecule has 1 heterocycles. The van der Waals surface area contributed by atoms with Crippen LogP contribution in [0.15, 0.2) is 41.2 Å². The van der Waals surface area contributed by atoms with Crippen molar-refractivity contribution in [3.63, 3.8) is 0 Å². The number of hydrogen-bond acceptors (Lipinski definition) is 3. The fourth-order valence-electron chi connectivity index (χ4n) is 1.19. The summed E-state index contributed by atoms with van der Waals surface area (Å²) in [5.74, 6) is -0.387. The zero-order valence-corrected chi connectivity index (χ0v) is 8.86. The van der Waals surface area contributed by atoms with E-state index < -0.39 is 0 Å². The first-order valence-electron chi connectivity index (χ1n) is 4.49. The Morgan fingerprint density at radius 3 is 2.81 bits per heavy atom. The first kappa shape index (κ1) is 10.6. The lowest BCUT2D eigenvalue weighted by molar-refractivity contribution is 0.102. The molecule has 0 bridgehead atoms. The third-order valence-corrected chi connectivity index (χ3v) is 2.31. The third kappa shape index (κ3) is 2.17. The van der Waals surface area contributed by atoms with Crippen LogP contribution in [-0.2, 0) is 0 Å². The van der Waals surface area contributed by atoms with Gasteiger partial charge in [-0.1, -0.05) is 11.6 Å². The molecule has 0 fully saturated rings. The molecule has 16 heavy (non-hydrogen) atoms. The normalized spacial score (nSPS) is 10.1. The predicted molar refractivity (Wildman–Crippen MR) is 59.8 cm³/mol. The SMILES string of the molecule is O=C(Nc1ccc(Cl)c(O)c1)c1ccoc1. The number of nitrogens with one attached hydrogen (secondary N) is 1. The Morgan fingerprint density at radius 2 is 2.19 bits per heavy atom. The van der Waals surface area contributed by atoms with Crippen molar-refractivity contribution < 1.29 is 14.3 Å². The van der Waals surface area contributed by atoms with Gasteiger partial charge in [0.25, 0.3) is 5.91 Å². The van der Waals surface area contributed by atoms with E-state index in [0.29, 0.717) is 11.3 Å². The average molecular weight is 238 g/mol. The highest BCUT2D eigenvalue weighted by Crippen LogP contribution is 2.26. The number of phenolic OH excluding ortho intramolecular Hbond substituents is 1. The number of amides is 1. The largest absolute Gasteiger partial charge is 0.506 e. The van der Waals surface area contributed by atoms with Gasteiger partial charge in [0.2, 0.25) is 0 Å². The molecular formula is C11H8ClNO3. The fourth-order valence-corrected chi connectivity index (χ4v) is 1.30. The summed E-state index contributed by atoms with van der Waals surface area (Å²) in [6.45, 7) is 0. The number of furan rings is 1. The summed E-state index contributed by atoms with van der Waals surface area (Å²) in [5, 5.41) is 12.2. The predicted octanol–water partition coefficient (Wildman–Crippen LogP) is 2.89. The molecule has 0 saturated heterocycles. The molecule has 2 N–H and O–H groups in total. The van der Waals surface area contributed by atoms with Gasteiger partial charge in [0, 0.05) is 11.8 Å². The van der Waals surface area contributed by atoms with Gasteiger partial charge < -0.3 is 14.8 Å². The quantitative estimate of drug-likeness (QED) is 0.844. The van der Waals surface area contributed by atoms with Crippen molar-refractivity contribution in [2.45, 2.75) is 0 Å². The van der Waals surface area contributed by atoms with E-state index in [1.807, 2.05) is 0 Å². The van der Waals surface area contributed by atoms with Crippen LogP contribution in [0.4, 0.5) is 5.69 Å². The summed E-state index contributed by atoms with van der Waals surface area (Å²) < 4.78 is 4.78. The van der Waals surface area contributed by atoms with Crippen LogP contribution in [0.25, 0.3) is 0 Å². The molecular weight excluding hydrogens is 230 g/mol. The molecule has 0 aliphatic rings. The van der Waals surface area contributed by atoms with Gasteiger partial charge in [0.1, 0.15) is 12.0 Å². The fraction of sp³-hybridized carbons (Fsp3) is 0. The highest BCUT2D eigenvalue weighted by Gasteiger charge is 2.08. The van der Waals surface area contributed by atoms with Crippen molar-refractivity contribution >= 4 is 23.2 Å². The minimum Gasteiger partial charge on any atom is -0.506 e. The molecule has 0 unspecified atom stereocenters. The summed E-state index contributed by atoms with van der Waals surface area (Å²) in [6, 6.07) is 6.02. The van der Waals surface area contributed by atoms with Gasteiger partial charge in [-0.2, -0.15) is 0 Å². The smallest absolute Gasteiger partial charge is 0.258 e. The molecule has 1 aromatic carbocycles. The number of carbonyl (C=O) groups excluding carboxylic acids is 1. The van der Waals surface area contributed by atoms with Gasteiger partial charge in [-0.3, -0.25) is 4.79 Å². The summed E-state index contributed by atoms with van der Waals surface area (Å²) in [4.78, 5) is 11.6. The van der Waals surface area contributed by atoms with Gasteiger partial charge in [0.15, 0.2) is 0 Å². The molecule has 2 rings (SSSR count). The topological polar surface area (TPSA) is 62.5 Å². The molecule has 82 valence electrons. The maximum Gasteiger partial charge on any atom is 0.258 e. The molecule has 2 aromatic rings. The van der Waals surface area contributed by atoms with Gasteiger partial charge in [0.05, 0.1) is 16.8 Å².